The SMILES string of the molecule is CCCNC(c1sccc1C)C1CCC1. The van der Waals surface area contributed by atoms with E-state index in [9.17, 15) is 0 Å². The second kappa shape index (κ2) is 5.13. The van der Waals surface area contributed by atoms with Gasteiger partial charge in [0, 0.05) is 10.9 Å². The Morgan fingerprint density at radius 1 is 1.53 bits per heavy atom. The molecule has 1 nitrogen and oxygen atoms in total. The average molecular weight is 223 g/mol. The summed E-state index contributed by atoms with van der Waals surface area (Å²) in [6.45, 7) is 5.63. The predicted molar refractivity (Wildman–Crippen MR) is 67.4 cm³/mol. The Balaban J connectivity index is 2.07. The largest absolute Gasteiger partial charge is 0.309 e. The van der Waals surface area contributed by atoms with E-state index in [-0.39, 0.29) is 0 Å². The van der Waals surface area contributed by atoms with Crippen LogP contribution in [0.2, 0.25) is 0 Å². The summed E-state index contributed by atoms with van der Waals surface area (Å²) in [4.78, 5) is 1.58. The molecule has 0 amide bonds. The highest BCUT2D eigenvalue weighted by molar-refractivity contribution is 7.10. The first-order valence-corrected chi connectivity index (χ1v) is 6.98. The quantitative estimate of drug-likeness (QED) is 0.798. The van der Waals surface area contributed by atoms with Crippen LogP contribution < -0.4 is 5.32 Å². The third-order valence-electron chi connectivity index (χ3n) is 3.42. The van der Waals surface area contributed by atoms with Gasteiger partial charge >= 0.3 is 0 Å². The molecule has 1 aliphatic rings. The van der Waals surface area contributed by atoms with Gasteiger partial charge in [-0.3, -0.25) is 0 Å². The maximum atomic E-state index is 3.72. The summed E-state index contributed by atoms with van der Waals surface area (Å²) < 4.78 is 0. The van der Waals surface area contributed by atoms with E-state index >= 15 is 0 Å². The van der Waals surface area contributed by atoms with Crippen LogP contribution in [0.15, 0.2) is 11.4 Å². The van der Waals surface area contributed by atoms with Crippen LogP contribution in [0.3, 0.4) is 0 Å². The molecule has 0 spiro atoms. The molecule has 2 heteroatoms. The van der Waals surface area contributed by atoms with E-state index in [1.807, 2.05) is 11.3 Å². The van der Waals surface area contributed by atoms with Crippen LogP contribution >= 0.6 is 11.3 Å². The maximum Gasteiger partial charge on any atom is 0.0446 e. The standard InChI is InChI=1S/C13H21NS/c1-3-8-14-12(11-5-4-6-11)13-10(2)7-9-15-13/h7,9,11-12,14H,3-6,8H2,1-2H3. The van der Waals surface area contributed by atoms with Crippen molar-refractivity contribution in [2.24, 2.45) is 5.92 Å². The van der Waals surface area contributed by atoms with Gasteiger partial charge in [-0.15, -0.1) is 11.3 Å². The molecule has 1 fully saturated rings. The smallest absolute Gasteiger partial charge is 0.0446 e. The zero-order valence-corrected chi connectivity index (χ0v) is 10.6. The van der Waals surface area contributed by atoms with E-state index in [1.54, 1.807) is 4.88 Å². The van der Waals surface area contributed by atoms with Crippen molar-refractivity contribution in [1.82, 2.24) is 5.32 Å². The summed E-state index contributed by atoms with van der Waals surface area (Å²) in [6.07, 6.45) is 5.49. The third-order valence-corrected chi connectivity index (χ3v) is 4.52. The molecule has 0 radical (unpaired) electrons. The fourth-order valence-corrected chi connectivity index (χ4v) is 3.34. The van der Waals surface area contributed by atoms with Gasteiger partial charge in [0.25, 0.3) is 0 Å². The average Bonchev–Trinajstić information content (AvgIpc) is 2.55. The lowest BCUT2D eigenvalue weighted by atomic mass is 9.78. The molecule has 1 aliphatic carbocycles. The minimum absolute atomic E-state index is 0.638. The molecule has 0 aliphatic heterocycles. The Kier molecular flexibility index (Phi) is 3.81. The molecular formula is C13H21NS. The molecule has 84 valence electrons. The van der Waals surface area contributed by atoms with Gasteiger partial charge in [0.05, 0.1) is 0 Å². The summed E-state index contributed by atoms with van der Waals surface area (Å²) in [5.74, 6) is 0.897. The lowest BCUT2D eigenvalue weighted by Crippen LogP contribution is -2.32. The number of nitrogens with one attached hydrogen (secondary N) is 1. The van der Waals surface area contributed by atoms with Gasteiger partial charge in [0.15, 0.2) is 0 Å². The fraction of sp³-hybridized carbons (Fsp3) is 0.692. The predicted octanol–water partition coefficient (Wildman–Crippen LogP) is 3.90. The summed E-state index contributed by atoms with van der Waals surface area (Å²) in [5.41, 5.74) is 1.47. The highest BCUT2D eigenvalue weighted by Crippen LogP contribution is 2.40. The molecule has 15 heavy (non-hydrogen) atoms. The minimum Gasteiger partial charge on any atom is -0.309 e. The van der Waals surface area contributed by atoms with Gasteiger partial charge in [0.2, 0.25) is 0 Å². The molecule has 1 unspecified atom stereocenters. The normalized spacial score (nSPS) is 18.8. The number of rotatable bonds is 5. The maximum absolute atomic E-state index is 3.72. The first-order chi connectivity index (χ1) is 7.33. The van der Waals surface area contributed by atoms with Crippen molar-refractivity contribution >= 4 is 11.3 Å². The Bertz CT molecular complexity index is 301. The molecule has 2 rings (SSSR count). The molecule has 0 aromatic carbocycles. The second-order valence-corrected chi connectivity index (χ2v) is 5.54. The van der Waals surface area contributed by atoms with Crippen molar-refractivity contribution in [3.8, 4) is 0 Å². The Hall–Kier alpha value is -0.340. The number of hydrogen-bond donors (Lipinski definition) is 1. The molecule has 1 atom stereocenters. The Labute approximate surface area is 96.9 Å². The summed E-state index contributed by atoms with van der Waals surface area (Å²) >= 11 is 1.92. The third kappa shape index (κ3) is 2.43. The van der Waals surface area contributed by atoms with Gasteiger partial charge in [-0.2, -0.15) is 0 Å². The highest BCUT2D eigenvalue weighted by atomic mass is 32.1. The van der Waals surface area contributed by atoms with E-state index in [0.29, 0.717) is 6.04 Å². The van der Waals surface area contributed by atoms with Crippen molar-refractivity contribution in [3.05, 3.63) is 21.9 Å². The first-order valence-electron chi connectivity index (χ1n) is 6.10. The number of hydrogen-bond acceptors (Lipinski definition) is 2. The summed E-state index contributed by atoms with van der Waals surface area (Å²) in [5, 5.41) is 5.95. The van der Waals surface area contributed by atoms with Crippen LogP contribution in [-0.4, -0.2) is 6.54 Å². The molecule has 0 bridgehead atoms. The van der Waals surface area contributed by atoms with E-state index in [0.717, 1.165) is 12.5 Å². The van der Waals surface area contributed by atoms with Gasteiger partial charge in [-0.05, 0) is 55.7 Å². The minimum atomic E-state index is 0.638. The molecule has 1 N–H and O–H groups in total. The van der Waals surface area contributed by atoms with Crippen LogP contribution in [0.5, 0.6) is 0 Å². The van der Waals surface area contributed by atoms with E-state index in [1.165, 1.54) is 31.2 Å². The van der Waals surface area contributed by atoms with Gasteiger partial charge in [-0.25, -0.2) is 0 Å². The highest BCUT2D eigenvalue weighted by Gasteiger charge is 2.29. The molecule has 1 saturated carbocycles. The first kappa shape index (κ1) is 11.2. The van der Waals surface area contributed by atoms with E-state index in [4.69, 9.17) is 0 Å². The van der Waals surface area contributed by atoms with Crippen LogP contribution in [0, 0.1) is 12.8 Å². The lowest BCUT2D eigenvalue weighted by molar-refractivity contribution is 0.233. The Morgan fingerprint density at radius 2 is 2.33 bits per heavy atom. The molecule has 1 aromatic heterocycles. The Morgan fingerprint density at radius 3 is 2.80 bits per heavy atom. The molecule has 0 saturated heterocycles. The van der Waals surface area contributed by atoms with E-state index < -0.39 is 0 Å². The van der Waals surface area contributed by atoms with Crippen molar-refractivity contribution in [2.45, 2.75) is 45.6 Å². The van der Waals surface area contributed by atoms with Crippen LogP contribution in [-0.2, 0) is 0 Å². The van der Waals surface area contributed by atoms with Gasteiger partial charge < -0.3 is 5.32 Å². The number of thiophene rings is 1. The van der Waals surface area contributed by atoms with Crippen molar-refractivity contribution in [2.75, 3.05) is 6.54 Å². The number of aryl methyl sites for hydroxylation is 1. The summed E-state index contributed by atoms with van der Waals surface area (Å²) in [7, 11) is 0. The van der Waals surface area contributed by atoms with Crippen LogP contribution in [0.25, 0.3) is 0 Å². The van der Waals surface area contributed by atoms with Crippen LogP contribution in [0.4, 0.5) is 0 Å². The van der Waals surface area contributed by atoms with Crippen molar-refractivity contribution in [3.63, 3.8) is 0 Å². The topological polar surface area (TPSA) is 12.0 Å². The fourth-order valence-electron chi connectivity index (χ4n) is 2.25. The molecule has 1 aromatic rings. The van der Waals surface area contributed by atoms with Crippen molar-refractivity contribution in [1.29, 1.82) is 0 Å². The molecule has 1 heterocycles. The van der Waals surface area contributed by atoms with Crippen LogP contribution in [0.1, 0.15) is 49.1 Å². The van der Waals surface area contributed by atoms with Gasteiger partial charge in [-0.1, -0.05) is 13.3 Å². The second-order valence-electron chi connectivity index (χ2n) is 4.59. The lowest BCUT2D eigenvalue weighted by Gasteiger charge is -2.34. The summed E-state index contributed by atoms with van der Waals surface area (Å²) in [6, 6.07) is 2.89. The van der Waals surface area contributed by atoms with E-state index in [2.05, 4.69) is 30.6 Å². The monoisotopic (exact) mass is 223 g/mol. The van der Waals surface area contributed by atoms with Crippen molar-refractivity contribution < 1.29 is 0 Å². The molecular weight excluding hydrogens is 202 g/mol. The zero-order valence-electron chi connectivity index (χ0n) is 9.75. The van der Waals surface area contributed by atoms with Gasteiger partial charge in [0.1, 0.15) is 0 Å². The zero-order chi connectivity index (χ0) is 10.7.